The zero-order chi connectivity index (χ0) is 15.1. The summed E-state index contributed by atoms with van der Waals surface area (Å²) < 4.78 is 0. The Bertz CT molecular complexity index is 490. The van der Waals surface area contributed by atoms with E-state index in [1.54, 1.807) is 0 Å². The van der Waals surface area contributed by atoms with E-state index in [1.165, 1.54) is 19.3 Å². The molecular formula is C17H27N5. The van der Waals surface area contributed by atoms with Crippen LogP contribution in [0, 0.1) is 57.7 Å². The van der Waals surface area contributed by atoms with Gasteiger partial charge in [-0.1, -0.05) is 26.2 Å². The van der Waals surface area contributed by atoms with Crippen LogP contribution in [0.2, 0.25) is 0 Å². The minimum absolute atomic E-state index is 0.253. The second-order valence-electron chi connectivity index (χ2n) is 8.22. The van der Waals surface area contributed by atoms with Crippen molar-refractivity contribution in [2.75, 3.05) is 13.1 Å². The van der Waals surface area contributed by atoms with E-state index in [-0.39, 0.29) is 5.96 Å². The smallest absolute Gasteiger partial charge is 0.195 e. The van der Waals surface area contributed by atoms with Gasteiger partial charge in [-0.15, -0.1) is 0 Å². The number of rotatable bonds is 7. The summed E-state index contributed by atoms with van der Waals surface area (Å²) in [5, 5.41) is 24.9. The molecule has 5 N–H and O–H groups in total. The molecule has 0 spiro atoms. The summed E-state index contributed by atoms with van der Waals surface area (Å²) in [7, 11) is 0. The summed E-state index contributed by atoms with van der Waals surface area (Å²) in [6.07, 6.45) is 4.80. The maximum Gasteiger partial charge on any atom is 0.195 e. The Morgan fingerprint density at radius 1 is 0.864 bits per heavy atom. The van der Waals surface area contributed by atoms with Crippen LogP contribution in [0.3, 0.4) is 0 Å². The molecule has 5 nitrogen and oxygen atoms in total. The Morgan fingerprint density at radius 2 is 1.50 bits per heavy atom. The van der Waals surface area contributed by atoms with Gasteiger partial charge in [0.2, 0.25) is 0 Å². The number of unbranched alkanes of at least 4 members (excludes halogenated alkanes) is 3. The number of guanidine groups is 2. The van der Waals surface area contributed by atoms with Crippen LogP contribution < -0.4 is 16.0 Å². The molecule has 0 radical (unpaired) electrons. The molecule has 6 aliphatic rings. The minimum Gasteiger partial charge on any atom is -0.356 e. The molecule has 0 aliphatic heterocycles. The van der Waals surface area contributed by atoms with Gasteiger partial charge in [0.25, 0.3) is 0 Å². The lowest BCUT2D eigenvalue weighted by atomic mass is 8.96. The Balaban J connectivity index is 1.00. The third kappa shape index (κ3) is 1.21. The van der Waals surface area contributed by atoms with Gasteiger partial charge >= 0.3 is 0 Å². The van der Waals surface area contributed by atoms with Crippen LogP contribution in [0.5, 0.6) is 0 Å². The molecule has 0 saturated heterocycles. The molecular weight excluding hydrogens is 274 g/mol. The number of nitrogens with one attached hydrogen (secondary N) is 5. The summed E-state index contributed by atoms with van der Waals surface area (Å²) in [6, 6.07) is 0. The van der Waals surface area contributed by atoms with E-state index in [4.69, 9.17) is 10.8 Å². The lowest BCUT2D eigenvalue weighted by Gasteiger charge is -3.08. The van der Waals surface area contributed by atoms with E-state index in [9.17, 15) is 0 Å². The predicted molar refractivity (Wildman–Crippen MR) is 85.6 cm³/mol. The van der Waals surface area contributed by atoms with Crippen molar-refractivity contribution in [2.45, 2.75) is 32.6 Å². The Kier molecular flexibility index (Phi) is 2.51. The third-order valence-electron chi connectivity index (χ3n) is 7.84. The molecule has 120 valence electrons. The highest BCUT2D eigenvalue weighted by Gasteiger charge is 3.03. The first kappa shape index (κ1) is 13.2. The molecule has 0 atom stereocenters. The van der Waals surface area contributed by atoms with Gasteiger partial charge in [0.1, 0.15) is 0 Å². The standard InChI is InChI=1S/C17H27N5/c1-2-3-4-5-6-20-15(18)22-16(19)21-7-17-12-9-8-10(12)14(17)11(8)13(9)17/h8-14H,2-7H2,1H3,(H5,18,19,20,21,22). The molecule has 5 heteroatoms. The van der Waals surface area contributed by atoms with Gasteiger partial charge in [-0.3, -0.25) is 16.1 Å². The van der Waals surface area contributed by atoms with E-state index < -0.39 is 0 Å². The summed E-state index contributed by atoms with van der Waals surface area (Å²) in [6.45, 7) is 3.99. The van der Waals surface area contributed by atoms with Gasteiger partial charge in [0.15, 0.2) is 11.9 Å². The van der Waals surface area contributed by atoms with Crippen LogP contribution >= 0.6 is 0 Å². The molecule has 6 saturated carbocycles. The van der Waals surface area contributed by atoms with E-state index in [2.05, 4.69) is 22.9 Å². The summed E-state index contributed by atoms with van der Waals surface area (Å²) in [5.74, 6) is 8.08. The van der Waals surface area contributed by atoms with Crippen molar-refractivity contribution in [1.29, 1.82) is 10.8 Å². The lowest BCUT2D eigenvalue weighted by molar-refractivity contribution is -0.612. The maximum absolute atomic E-state index is 7.98. The van der Waals surface area contributed by atoms with Crippen molar-refractivity contribution in [3.63, 3.8) is 0 Å². The van der Waals surface area contributed by atoms with E-state index >= 15 is 0 Å². The zero-order valence-electron chi connectivity index (χ0n) is 13.3. The Hall–Kier alpha value is -1.26. The second kappa shape index (κ2) is 4.18. The summed E-state index contributed by atoms with van der Waals surface area (Å²) in [4.78, 5) is 0. The fraction of sp³-hybridized carbons (Fsp3) is 0.882. The maximum atomic E-state index is 7.98. The molecule has 0 amide bonds. The summed E-state index contributed by atoms with van der Waals surface area (Å²) in [5.41, 5.74) is 0.596. The molecule has 0 heterocycles. The topological polar surface area (TPSA) is 83.8 Å². The summed E-state index contributed by atoms with van der Waals surface area (Å²) >= 11 is 0. The number of hydrogen-bond donors (Lipinski definition) is 5. The fourth-order valence-corrected chi connectivity index (χ4v) is 7.24. The first-order valence-electron chi connectivity index (χ1n) is 9.13. The second-order valence-corrected chi connectivity index (χ2v) is 8.22. The minimum atomic E-state index is 0.253. The van der Waals surface area contributed by atoms with Crippen molar-refractivity contribution in [3.05, 3.63) is 0 Å². The molecule has 6 aliphatic carbocycles. The quantitative estimate of drug-likeness (QED) is 0.281. The van der Waals surface area contributed by atoms with Crippen molar-refractivity contribution >= 4 is 11.9 Å². The zero-order valence-corrected chi connectivity index (χ0v) is 13.3. The monoisotopic (exact) mass is 301 g/mol. The highest BCUT2D eigenvalue weighted by Crippen LogP contribution is 3.05. The first-order valence-corrected chi connectivity index (χ1v) is 9.13. The Morgan fingerprint density at radius 3 is 2.14 bits per heavy atom. The van der Waals surface area contributed by atoms with Crippen LogP contribution in [0.15, 0.2) is 0 Å². The van der Waals surface area contributed by atoms with Crippen molar-refractivity contribution in [2.24, 2.45) is 46.8 Å². The largest absolute Gasteiger partial charge is 0.356 e. The molecule has 0 aromatic carbocycles. The molecule has 6 rings (SSSR count). The van der Waals surface area contributed by atoms with Crippen LogP contribution in [0.4, 0.5) is 0 Å². The molecule has 0 unspecified atom stereocenters. The molecule has 0 bridgehead atoms. The van der Waals surface area contributed by atoms with E-state index in [1.807, 2.05) is 0 Å². The van der Waals surface area contributed by atoms with Crippen molar-refractivity contribution < 1.29 is 0 Å². The van der Waals surface area contributed by atoms with Gasteiger partial charge in [0, 0.05) is 13.1 Å². The van der Waals surface area contributed by atoms with Gasteiger partial charge in [-0.05, 0) is 53.3 Å². The van der Waals surface area contributed by atoms with Crippen LogP contribution in [-0.4, -0.2) is 25.0 Å². The lowest BCUT2D eigenvalue weighted by Crippen LogP contribution is -3.06. The average molecular weight is 301 g/mol. The fourth-order valence-electron chi connectivity index (χ4n) is 7.24. The highest BCUT2D eigenvalue weighted by atomic mass is 15.2. The van der Waals surface area contributed by atoms with Gasteiger partial charge in [-0.2, -0.15) is 0 Å². The normalized spacial score (nSPS) is 49.4. The Labute approximate surface area is 132 Å². The van der Waals surface area contributed by atoms with Crippen LogP contribution in [-0.2, 0) is 0 Å². The van der Waals surface area contributed by atoms with Crippen molar-refractivity contribution in [1.82, 2.24) is 16.0 Å². The molecule has 6 fully saturated rings. The molecule has 22 heavy (non-hydrogen) atoms. The predicted octanol–water partition coefficient (Wildman–Crippen LogP) is 1.57. The third-order valence-corrected chi connectivity index (χ3v) is 7.84. The highest BCUT2D eigenvalue weighted by molar-refractivity contribution is 5.95. The van der Waals surface area contributed by atoms with Gasteiger partial charge in [0.05, 0.1) is 0 Å². The van der Waals surface area contributed by atoms with Gasteiger partial charge < -0.3 is 10.6 Å². The molecule has 0 aromatic rings. The number of hydrogen-bond acceptors (Lipinski definition) is 2. The van der Waals surface area contributed by atoms with Crippen LogP contribution in [0.1, 0.15) is 32.6 Å². The van der Waals surface area contributed by atoms with Crippen molar-refractivity contribution in [3.8, 4) is 0 Å². The average Bonchev–Trinajstić information content (AvgIpc) is 2.53. The molecule has 0 aromatic heterocycles. The van der Waals surface area contributed by atoms with E-state index in [0.29, 0.717) is 11.4 Å². The van der Waals surface area contributed by atoms with Crippen LogP contribution in [0.25, 0.3) is 0 Å². The first-order chi connectivity index (χ1) is 10.7. The van der Waals surface area contributed by atoms with Gasteiger partial charge in [-0.25, -0.2) is 0 Å². The SMILES string of the molecule is CCCCCCNC(=N)NC(=N)NCC12C3C4C5C3C1C5C42. The van der Waals surface area contributed by atoms with E-state index in [0.717, 1.165) is 60.9 Å².